The van der Waals surface area contributed by atoms with Crippen LogP contribution in [0.4, 0.5) is 0 Å². The number of hydrogen-bond acceptors (Lipinski definition) is 2. The highest BCUT2D eigenvalue weighted by Crippen LogP contribution is 2.45. The molecular weight excluding hydrogens is 161 g/mol. The molecule has 0 heterocycles. The van der Waals surface area contributed by atoms with E-state index >= 15 is 0 Å². The van der Waals surface area contributed by atoms with Gasteiger partial charge in [-0.25, -0.2) is 0 Å². The summed E-state index contributed by atoms with van der Waals surface area (Å²) in [7, 11) is 2.38. The van der Waals surface area contributed by atoms with Gasteiger partial charge in [-0.2, -0.15) is 4.91 Å². The van der Waals surface area contributed by atoms with E-state index < -0.39 is 0 Å². The van der Waals surface area contributed by atoms with Gasteiger partial charge in [0.25, 0.3) is 0 Å². The quantitative estimate of drug-likeness (QED) is 0.447. The van der Waals surface area contributed by atoms with Crippen molar-refractivity contribution in [3.05, 3.63) is 4.91 Å². The van der Waals surface area contributed by atoms with Gasteiger partial charge in [0.15, 0.2) is 0 Å². The normalized spacial score (nSPS) is 45.2. The van der Waals surface area contributed by atoms with Crippen LogP contribution in [0.2, 0.25) is 5.82 Å². The lowest BCUT2D eigenvalue weighted by Gasteiger charge is -2.41. The Morgan fingerprint density at radius 2 is 2.00 bits per heavy atom. The maximum atomic E-state index is 10.5. The highest BCUT2D eigenvalue weighted by atomic mass is 16.3. The SMILES string of the molecule is BC1CCCC2CC(N=O)CCC12. The molecule has 0 aromatic carbocycles. The third-order valence-corrected chi connectivity index (χ3v) is 4.13. The zero-order valence-corrected chi connectivity index (χ0v) is 8.41. The Hall–Kier alpha value is -0.335. The van der Waals surface area contributed by atoms with Gasteiger partial charge in [-0.1, -0.05) is 30.3 Å². The molecule has 0 radical (unpaired) electrons. The first kappa shape index (κ1) is 9.23. The molecule has 2 aliphatic carbocycles. The highest BCUT2D eigenvalue weighted by Gasteiger charge is 2.36. The standard InChI is InChI=1S/C10H18BNO/c11-10-3-1-2-7-6-8(12-13)4-5-9(7)10/h7-10H,1-6,11H2. The van der Waals surface area contributed by atoms with Crippen LogP contribution in [0.25, 0.3) is 0 Å². The van der Waals surface area contributed by atoms with E-state index in [2.05, 4.69) is 13.0 Å². The maximum Gasteiger partial charge on any atom is 0.105 e. The molecule has 2 saturated carbocycles. The lowest BCUT2D eigenvalue weighted by atomic mass is 9.58. The minimum Gasteiger partial charge on any atom is -0.151 e. The van der Waals surface area contributed by atoms with Crippen molar-refractivity contribution < 1.29 is 0 Å². The molecule has 0 N–H and O–H groups in total. The Bertz CT molecular complexity index is 197. The summed E-state index contributed by atoms with van der Waals surface area (Å²) in [5, 5.41) is 3.21. The summed E-state index contributed by atoms with van der Waals surface area (Å²) in [5.41, 5.74) is 0. The van der Waals surface area contributed by atoms with E-state index in [0.717, 1.165) is 30.5 Å². The Kier molecular flexibility index (Phi) is 2.70. The summed E-state index contributed by atoms with van der Waals surface area (Å²) in [6.45, 7) is 0. The average Bonchev–Trinajstić information content (AvgIpc) is 2.18. The molecule has 0 spiro atoms. The second kappa shape index (κ2) is 3.81. The van der Waals surface area contributed by atoms with Gasteiger partial charge in [0.2, 0.25) is 0 Å². The maximum absolute atomic E-state index is 10.5. The van der Waals surface area contributed by atoms with Gasteiger partial charge in [0, 0.05) is 0 Å². The fourth-order valence-corrected chi connectivity index (χ4v) is 3.36. The predicted molar refractivity (Wildman–Crippen MR) is 56.6 cm³/mol. The zero-order valence-electron chi connectivity index (χ0n) is 8.41. The second-order valence-corrected chi connectivity index (χ2v) is 4.90. The monoisotopic (exact) mass is 179 g/mol. The first-order chi connectivity index (χ1) is 6.31. The zero-order chi connectivity index (χ0) is 9.26. The Labute approximate surface area is 80.9 Å². The van der Waals surface area contributed by atoms with Crippen molar-refractivity contribution in [2.45, 2.75) is 50.4 Å². The van der Waals surface area contributed by atoms with Crippen LogP contribution in [0.3, 0.4) is 0 Å². The molecule has 0 aromatic heterocycles. The van der Waals surface area contributed by atoms with Gasteiger partial charge in [-0.15, -0.1) is 0 Å². The van der Waals surface area contributed by atoms with Crippen molar-refractivity contribution in [2.75, 3.05) is 0 Å². The van der Waals surface area contributed by atoms with Crippen LogP contribution in [0, 0.1) is 16.7 Å². The molecule has 13 heavy (non-hydrogen) atoms. The summed E-state index contributed by atoms with van der Waals surface area (Å²) < 4.78 is 0. The number of fused-ring (bicyclic) bond motifs is 1. The van der Waals surface area contributed by atoms with Crippen LogP contribution in [-0.2, 0) is 0 Å². The molecule has 3 heteroatoms. The largest absolute Gasteiger partial charge is 0.151 e. The molecule has 72 valence electrons. The Morgan fingerprint density at radius 1 is 1.15 bits per heavy atom. The molecule has 2 aliphatic rings. The van der Waals surface area contributed by atoms with E-state index in [0.29, 0.717) is 0 Å². The van der Waals surface area contributed by atoms with Crippen LogP contribution < -0.4 is 0 Å². The van der Waals surface area contributed by atoms with Crippen molar-refractivity contribution in [1.29, 1.82) is 0 Å². The minimum atomic E-state index is 0.145. The second-order valence-electron chi connectivity index (χ2n) is 4.90. The average molecular weight is 179 g/mol. The van der Waals surface area contributed by atoms with Crippen molar-refractivity contribution in [3.8, 4) is 0 Å². The van der Waals surface area contributed by atoms with Gasteiger partial charge in [0.05, 0.1) is 6.04 Å². The van der Waals surface area contributed by atoms with Crippen molar-refractivity contribution in [3.63, 3.8) is 0 Å². The Balaban J connectivity index is 1.99. The van der Waals surface area contributed by atoms with Gasteiger partial charge < -0.3 is 0 Å². The molecule has 0 amide bonds. The smallest absolute Gasteiger partial charge is 0.105 e. The summed E-state index contributed by atoms with van der Waals surface area (Å²) in [6.07, 6.45) is 7.51. The van der Waals surface area contributed by atoms with E-state index in [1.807, 2.05) is 0 Å². The number of nitroso groups, excluding NO2 is 1. The first-order valence-electron chi connectivity index (χ1n) is 5.63. The van der Waals surface area contributed by atoms with E-state index in [9.17, 15) is 4.91 Å². The minimum absolute atomic E-state index is 0.145. The molecule has 0 bridgehead atoms. The molecular formula is C10H18BNO. The van der Waals surface area contributed by atoms with Gasteiger partial charge in [-0.3, -0.25) is 0 Å². The van der Waals surface area contributed by atoms with Crippen molar-refractivity contribution >= 4 is 7.85 Å². The van der Waals surface area contributed by atoms with E-state index in [-0.39, 0.29) is 6.04 Å². The molecule has 2 nitrogen and oxygen atoms in total. The molecule has 0 aromatic rings. The van der Waals surface area contributed by atoms with Crippen LogP contribution in [0.1, 0.15) is 38.5 Å². The highest BCUT2D eigenvalue weighted by molar-refractivity contribution is 6.11. The third-order valence-electron chi connectivity index (χ3n) is 4.13. The fraction of sp³-hybridized carbons (Fsp3) is 1.00. The van der Waals surface area contributed by atoms with Crippen LogP contribution in [0.5, 0.6) is 0 Å². The number of hydrogen-bond donors (Lipinski definition) is 0. The topological polar surface area (TPSA) is 29.4 Å². The van der Waals surface area contributed by atoms with Crippen molar-refractivity contribution in [1.82, 2.24) is 0 Å². The number of rotatable bonds is 1. The summed E-state index contributed by atoms with van der Waals surface area (Å²) in [6, 6.07) is 0.145. The van der Waals surface area contributed by atoms with Gasteiger partial charge >= 0.3 is 0 Å². The first-order valence-corrected chi connectivity index (χ1v) is 5.63. The lowest BCUT2D eigenvalue weighted by Crippen LogP contribution is -2.32. The van der Waals surface area contributed by atoms with E-state index in [4.69, 9.17) is 0 Å². The van der Waals surface area contributed by atoms with Crippen molar-refractivity contribution in [2.24, 2.45) is 17.0 Å². The lowest BCUT2D eigenvalue weighted by molar-refractivity contribution is 0.158. The molecule has 0 saturated heterocycles. The van der Waals surface area contributed by atoms with E-state index in [1.165, 1.54) is 25.7 Å². The molecule has 2 rings (SSSR count). The van der Waals surface area contributed by atoms with Crippen LogP contribution >= 0.6 is 0 Å². The summed E-state index contributed by atoms with van der Waals surface area (Å²) in [5.74, 6) is 2.62. The van der Waals surface area contributed by atoms with Gasteiger partial charge in [-0.05, 0) is 31.1 Å². The van der Waals surface area contributed by atoms with Crippen LogP contribution in [-0.4, -0.2) is 13.9 Å². The fourth-order valence-electron chi connectivity index (χ4n) is 3.36. The molecule has 0 aliphatic heterocycles. The third kappa shape index (κ3) is 1.79. The predicted octanol–water partition coefficient (Wildman–Crippen LogP) is 2.14. The van der Waals surface area contributed by atoms with Gasteiger partial charge in [0.1, 0.15) is 7.85 Å². The van der Waals surface area contributed by atoms with E-state index in [1.54, 1.807) is 0 Å². The molecule has 4 unspecified atom stereocenters. The summed E-state index contributed by atoms with van der Waals surface area (Å²) in [4.78, 5) is 10.5. The molecule has 4 atom stereocenters. The van der Waals surface area contributed by atoms with Crippen LogP contribution in [0.15, 0.2) is 5.18 Å². The summed E-state index contributed by atoms with van der Waals surface area (Å²) >= 11 is 0. The number of nitrogens with zero attached hydrogens (tertiary/aromatic N) is 1. The molecule has 2 fully saturated rings. The Morgan fingerprint density at radius 3 is 2.77 bits per heavy atom.